The first-order valence-electron chi connectivity index (χ1n) is 3.55. The summed E-state index contributed by atoms with van der Waals surface area (Å²) < 4.78 is 0. The van der Waals surface area contributed by atoms with E-state index in [2.05, 4.69) is 0 Å². The number of carboxylic acid groups (broad SMARTS) is 3. The highest BCUT2D eigenvalue weighted by molar-refractivity contribution is 5.88. The summed E-state index contributed by atoms with van der Waals surface area (Å²) in [7, 11) is 0. The van der Waals surface area contributed by atoms with Crippen molar-refractivity contribution in [2.75, 3.05) is 0 Å². The van der Waals surface area contributed by atoms with Crippen LogP contribution < -0.4 is 0 Å². The maximum Gasteiger partial charge on any atom is 0.336 e. The van der Waals surface area contributed by atoms with Gasteiger partial charge in [0.1, 0.15) is 0 Å². The molecule has 0 unspecified atom stereocenters. The van der Waals surface area contributed by atoms with Crippen molar-refractivity contribution in [1.29, 1.82) is 0 Å². The molecule has 0 radical (unpaired) electrons. The zero-order chi connectivity index (χ0) is 13.4. The van der Waals surface area contributed by atoms with E-state index in [1.807, 2.05) is 0 Å². The molecule has 0 aliphatic rings. The number of nitrogens with zero attached hydrogens (tertiary/aromatic N) is 1. The van der Waals surface area contributed by atoms with Crippen LogP contribution in [0.1, 0.15) is 12.8 Å². The zero-order valence-corrected chi connectivity index (χ0v) is 7.73. The minimum Gasteiger partial charge on any atom is -0.481 e. The summed E-state index contributed by atoms with van der Waals surface area (Å²) >= 11 is 0. The van der Waals surface area contributed by atoms with Crippen molar-refractivity contribution in [3.8, 4) is 0 Å². The van der Waals surface area contributed by atoms with Gasteiger partial charge in [0.2, 0.25) is 0 Å². The van der Waals surface area contributed by atoms with Gasteiger partial charge in [-0.1, -0.05) is 0 Å². The van der Waals surface area contributed by atoms with Gasteiger partial charge in [0, 0.05) is 0 Å². The van der Waals surface area contributed by atoms with Gasteiger partial charge < -0.3 is 25.6 Å². The van der Waals surface area contributed by atoms with Gasteiger partial charge in [0.15, 0.2) is 10.9 Å². The second-order valence-corrected chi connectivity index (χ2v) is 2.56. The first-order chi connectivity index (χ1) is 7.19. The summed E-state index contributed by atoms with van der Waals surface area (Å²) in [5.74, 6) is -5.02. The maximum absolute atomic E-state index is 10.3. The molecule has 0 aromatic heterocycles. The molecule has 10 nitrogen and oxygen atoms in total. The molecule has 0 aromatic rings. The first-order valence-corrected chi connectivity index (χ1v) is 3.55. The van der Waals surface area contributed by atoms with Crippen LogP contribution in [0.4, 0.5) is 0 Å². The predicted octanol–water partition coefficient (Wildman–Crippen LogP) is -1.11. The van der Waals surface area contributed by atoms with Gasteiger partial charge in [-0.3, -0.25) is 9.59 Å². The Labute approximate surface area is 87.7 Å². The molecular weight excluding hydrogens is 230 g/mol. The number of carbonyl (C=O) groups is 3. The molecule has 0 aromatic carbocycles. The van der Waals surface area contributed by atoms with Crippen molar-refractivity contribution in [2.45, 2.75) is 18.4 Å². The highest BCUT2D eigenvalue weighted by Gasteiger charge is 2.40. The summed E-state index contributed by atoms with van der Waals surface area (Å²) in [6.45, 7) is 0. The Kier molecular flexibility index (Phi) is 7.21. The van der Waals surface area contributed by atoms with Crippen LogP contribution in [0.5, 0.6) is 0 Å². The Hall–Kier alpha value is -2.23. The van der Waals surface area contributed by atoms with Gasteiger partial charge in [-0.2, -0.15) is 0 Å². The van der Waals surface area contributed by atoms with Crippen LogP contribution in [0.25, 0.3) is 0 Å². The molecule has 0 rings (SSSR count). The number of rotatable bonds is 5. The molecule has 0 saturated heterocycles. The smallest absolute Gasteiger partial charge is 0.336 e. The van der Waals surface area contributed by atoms with Crippen LogP contribution >= 0.6 is 0 Å². The minimum absolute atomic E-state index is 1.14. The molecule has 0 spiro atoms. The second kappa shape index (κ2) is 7.11. The van der Waals surface area contributed by atoms with Crippen molar-refractivity contribution in [3.63, 3.8) is 0 Å². The lowest BCUT2D eigenvalue weighted by Crippen LogP contribution is -2.42. The van der Waals surface area contributed by atoms with Crippen LogP contribution in [0.15, 0.2) is 5.34 Å². The lowest BCUT2D eigenvalue weighted by Gasteiger charge is -2.18. The van der Waals surface area contributed by atoms with Crippen molar-refractivity contribution in [1.82, 2.24) is 0 Å². The molecule has 92 valence electrons. The van der Waals surface area contributed by atoms with Crippen LogP contribution in [0, 0.1) is 4.91 Å². The highest BCUT2D eigenvalue weighted by Crippen LogP contribution is 2.15. The normalized spacial score (nSPS) is 9.56. The number of carboxylic acids is 3. The van der Waals surface area contributed by atoms with E-state index in [0.717, 1.165) is 0 Å². The summed E-state index contributed by atoms with van der Waals surface area (Å²) in [6, 6.07) is 0. The van der Waals surface area contributed by atoms with Gasteiger partial charge >= 0.3 is 17.9 Å². The van der Waals surface area contributed by atoms with Gasteiger partial charge in [0.25, 0.3) is 0 Å². The van der Waals surface area contributed by atoms with Crippen LogP contribution in [0.2, 0.25) is 0 Å². The quantitative estimate of drug-likeness (QED) is 0.293. The predicted molar refractivity (Wildman–Crippen MR) is 44.7 cm³/mol. The summed E-state index contributed by atoms with van der Waals surface area (Å²) in [6.07, 6.45) is -2.29. The zero-order valence-electron chi connectivity index (χ0n) is 7.73. The molecule has 0 heterocycles. The van der Waals surface area contributed by atoms with Crippen molar-refractivity contribution >= 4 is 17.9 Å². The minimum atomic E-state index is -2.74. The number of aliphatic carboxylic acids is 3. The Morgan fingerprint density at radius 2 is 1.25 bits per heavy atom. The molecule has 5 N–H and O–H groups in total. The number of aliphatic hydroxyl groups is 1. The van der Waals surface area contributed by atoms with Crippen molar-refractivity contribution in [3.05, 3.63) is 4.91 Å². The fraction of sp³-hybridized carbons (Fsp3) is 0.500. The Bertz CT molecular complexity index is 270. The average molecular weight is 239 g/mol. The lowest BCUT2D eigenvalue weighted by atomic mass is 9.96. The van der Waals surface area contributed by atoms with E-state index in [1.165, 1.54) is 5.34 Å². The average Bonchev–Trinajstić information content (AvgIpc) is 2.01. The highest BCUT2D eigenvalue weighted by atomic mass is 16.6. The van der Waals surface area contributed by atoms with E-state index in [1.54, 1.807) is 0 Å². The Balaban J connectivity index is 0. The number of hydrogen-bond donors (Lipinski definition) is 5. The molecule has 0 saturated carbocycles. The molecular formula is C6H9NO9. The van der Waals surface area contributed by atoms with E-state index < -0.39 is 36.4 Å². The van der Waals surface area contributed by atoms with Gasteiger partial charge in [-0.25, -0.2) is 4.79 Å². The molecule has 0 bridgehead atoms. The van der Waals surface area contributed by atoms with E-state index in [0.29, 0.717) is 0 Å². The van der Waals surface area contributed by atoms with Crippen LogP contribution in [-0.2, 0) is 14.4 Å². The summed E-state index contributed by atoms with van der Waals surface area (Å²) in [4.78, 5) is 38.6. The van der Waals surface area contributed by atoms with Crippen LogP contribution in [0.3, 0.4) is 0 Å². The summed E-state index contributed by atoms with van der Waals surface area (Å²) in [5.41, 5.74) is -2.74. The lowest BCUT2D eigenvalue weighted by molar-refractivity contribution is -0.170. The second-order valence-electron chi connectivity index (χ2n) is 2.56. The molecule has 0 fully saturated rings. The Morgan fingerprint density at radius 3 is 1.38 bits per heavy atom. The molecule has 10 heteroatoms. The molecule has 0 atom stereocenters. The molecule has 0 aliphatic carbocycles. The largest absolute Gasteiger partial charge is 0.481 e. The maximum atomic E-state index is 10.3. The van der Waals surface area contributed by atoms with E-state index in [-0.39, 0.29) is 0 Å². The monoisotopic (exact) mass is 239 g/mol. The molecule has 0 amide bonds. The third-order valence-corrected chi connectivity index (χ3v) is 1.29. The van der Waals surface area contributed by atoms with E-state index >= 15 is 0 Å². The number of hydrogen-bond acceptors (Lipinski definition) is 6. The summed E-state index contributed by atoms with van der Waals surface area (Å²) in [5, 5.41) is 41.7. The fourth-order valence-electron chi connectivity index (χ4n) is 0.714. The molecule has 16 heavy (non-hydrogen) atoms. The van der Waals surface area contributed by atoms with Gasteiger partial charge in [-0.15, -0.1) is 4.91 Å². The topological polar surface area (TPSA) is 182 Å². The third kappa shape index (κ3) is 7.20. The third-order valence-electron chi connectivity index (χ3n) is 1.29. The van der Waals surface area contributed by atoms with Gasteiger partial charge in [0.05, 0.1) is 12.8 Å². The van der Waals surface area contributed by atoms with Crippen molar-refractivity contribution in [2.24, 2.45) is 5.34 Å². The first kappa shape index (κ1) is 16.2. The van der Waals surface area contributed by atoms with E-state index in [4.69, 9.17) is 30.5 Å². The van der Waals surface area contributed by atoms with E-state index in [9.17, 15) is 14.4 Å². The van der Waals surface area contributed by atoms with Gasteiger partial charge in [-0.05, 0) is 0 Å². The Morgan fingerprint density at radius 1 is 1.00 bits per heavy atom. The standard InChI is InChI=1S/C6H8O7.HNO2/c7-3(8)1-6(13,5(11)12)2-4(9)10;2-1-3/h13H,1-2H2,(H,7,8)(H,9,10)(H,11,12);(H,2,3). The molecule has 0 aliphatic heterocycles. The fourth-order valence-corrected chi connectivity index (χ4v) is 0.714. The SMILES string of the molecule is O=C(O)CC(O)(CC(=O)O)C(=O)O.O=NO. The van der Waals surface area contributed by atoms with Crippen LogP contribution in [-0.4, -0.2) is 49.1 Å². The van der Waals surface area contributed by atoms with Crippen molar-refractivity contribution < 1.29 is 40.0 Å².